The number of nitrogens with zero attached hydrogens (tertiary/aromatic N) is 2. The van der Waals surface area contributed by atoms with Crippen LogP contribution in [-0.2, 0) is 6.42 Å². The van der Waals surface area contributed by atoms with Crippen molar-refractivity contribution < 1.29 is 5.11 Å². The summed E-state index contributed by atoms with van der Waals surface area (Å²) in [6.07, 6.45) is 2.67. The predicted octanol–water partition coefficient (Wildman–Crippen LogP) is 1.08. The van der Waals surface area contributed by atoms with Gasteiger partial charge in [-0.15, -0.1) is 0 Å². The number of aromatic hydroxyl groups is 1. The standard InChI is InChI=1S/C11H13N3O/c12-7-5-9-6-8-14(13-9)10-1-3-11(15)4-2-10/h1-4,6,8,15H,5,7,12H2. The van der Waals surface area contributed by atoms with Crippen LogP contribution in [-0.4, -0.2) is 21.4 Å². The minimum Gasteiger partial charge on any atom is -0.508 e. The average molecular weight is 203 g/mol. The van der Waals surface area contributed by atoms with Crippen LogP contribution in [0.1, 0.15) is 5.69 Å². The number of hydrogen-bond acceptors (Lipinski definition) is 3. The Bertz CT molecular complexity index is 433. The van der Waals surface area contributed by atoms with Gasteiger partial charge in [0.2, 0.25) is 0 Å². The van der Waals surface area contributed by atoms with Gasteiger partial charge in [0, 0.05) is 12.6 Å². The highest BCUT2D eigenvalue weighted by Gasteiger charge is 2.00. The first-order chi connectivity index (χ1) is 7.29. The summed E-state index contributed by atoms with van der Waals surface area (Å²) in [5, 5.41) is 13.5. The van der Waals surface area contributed by atoms with Crippen molar-refractivity contribution in [1.29, 1.82) is 0 Å². The van der Waals surface area contributed by atoms with E-state index >= 15 is 0 Å². The summed E-state index contributed by atoms with van der Waals surface area (Å²) in [7, 11) is 0. The third-order valence-electron chi connectivity index (χ3n) is 2.16. The van der Waals surface area contributed by atoms with E-state index in [2.05, 4.69) is 5.10 Å². The molecule has 2 aromatic rings. The van der Waals surface area contributed by atoms with Crippen molar-refractivity contribution >= 4 is 0 Å². The molecule has 0 aliphatic rings. The van der Waals surface area contributed by atoms with E-state index in [4.69, 9.17) is 10.8 Å². The van der Waals surface area contributed by atoms with E-state index in [1.165, 1.54) is 0 Å². The summed E-state index contributed by atoms with van der Waals surface area (Å²) in [4.78, 5) is 0. The number of nitrogens with two attached hydrogens (primary N) is 1. The molecule has 0 unspecified atom stereocenters. The largest absolute Gasteiger partial charge is 0.508 e. The Labute approximate surface area is 88.0 Å². The van der Waals surface area contributed by atoms with Crippen molar-refractivity contribution in [1.82, 2.24) is 9.78 Å². The van der Waals surface area contributed by atoms with E-state index < -0.39 is 0 Å². The van der Waals surface area contributed by atoms with E-state index in [-0.39, 0.29) is 5.75 Å². The van der Waals surface area contributed by atoms with Crippen LogP contribution < -0.4 is 5.73 Å². The highest BCUT2D eigenvalue weighted by atomic mass is 16.3. The fraction of sp³-hybridized carbons (Fsp3) is 0.182. The fourth-order valence-corrected chi connectivity index (χ4v) is 1.39. The van der Waals surface area contributed by atoms with E-state index in [1.54, 1.807) is 16.8 Å². The lowest BCUT2D eigenvalue weighted by atomic mass is 10.3. The fourth-order valence-electron chi connectivity index (χ4n) is 1.39. The Morgan fingerprint density at radius 1 is 1.20 bits per heavy atom. The van der Waals surface area contributed by atoms with Gasteiger partial charge in [-0.2, -0.15) is 5.10 Å². The first-order valence-corrected chi connectivity index (χ1v) is 4.83. The number of phenols is 1. The number of hydrogen-bond donors (Lipinski definition) is 2. The lowest BCUT2D eigenvalue weighted by molar-refractivity contribution is 0.475. The molecule has 78 valence electrons. The summed E-state index contributed by atoms with van der Waals surface area (Å²) < 4.78 is 1.77. The van der Waals surface area contributed by atoms with Crippen molar-refractivity contribution in [2.75, 3.05) is 6.54 Å². The molecule has 15 heavy (non-hydrogen) atoms. The number of aromatic nitrogens is 2. The van der Waals surface area contributed by atoms with Crippen LogP contribution in [0.4, 0.5) is 0 Å². The molecule has 0 fully saturated rings. The second kappa shape index (κ2) is 4.14. The van der Waals surface area contributed by atoms with Crippen LogP contribution in [0.15, 0.2) is 36.5 Å². The molecule has 0 spiro atoms. The molecule has 4 heteroatoms. The molecule has 0 saturated carbocycles. The monoisotopic (exact) mass is 203 g/mol. The molecule has 2 rings (SSSR count). The van der Waals surface area contributed by atoms with Gasteiger partial charge < -0.3 is 10.8 Å². The van der Waals surface area contributed by atoms with E-state index in [0.717, 1.165) is 17.8 Å². The molecule has 0 aliphatic carbocycles. The Hall–Kier alpha value is -1.81. The molecule has 3 N–H and O–H groups in total. The Morgan fingerprint density at radius 3 is 2.60 bits per heavy atom. The molecule has 1 aromatic heterocycles. The minimum atomic E-state index is 0.257. The Morgan fingerprint density at radius 2 is 1.93 bits per heavy atom. The topological polar surface area (TPSA) is 64.1 Å². The van der Waals surface area contributed by atoms with Crippen molar-refractivity contribution in [2.45, 2.75) is 6.42 Å². The van der Waals surface area contributed by atoms with E-state index in [0.29, 0.717) is 6.54 Å². The molecule has 0 atom stereocenters. The number of benzene rings is 1. The van der Waals surface area contributed by atoms with Gasteiger partial charge in [0.15, 0.2) is 0 Å². The minimum absolute atomic E-state index is 0.257. The van der Waals surface area contributed by atoms with Crippen molar-refractivity contribution in [3.63, 3.8) is 0 Å². The molecule has 0 amide bonds. The molecule has 0 radical (unpaired) electrons. The maximum Gasteiger partial charge on any atom is 0.115 e. The molecule has 0 aliphatic heterocycles. The molecule has 4 nitrogen and oxygen atoms in total. The number of phenolic OH excluding ortho intramolecular Hbond substituents is 1. The predicted molar refractivity (Wildman–Crippen MR) is 58.0 cm³/mol. The van der Waals surface area contributed by atoms with Crippen molar-refractivity contribution in [3.05, 3.63) is 42.2 Å². The third kappa shape index (κ3) is 2.16. The van der Waals surface area contributed by atoms with Gasteiger partial charge in [0.05, 0.1) is 11.4 Å². The second-order valence-electron chi connectivity index (χ2n) is 3.31. The van der Waals surface area contributed by atoms with Gasteiger partial charge in [0.25, 0.3) is 0 Å². The molecular weight excluding hydrogens is 190 g/mol. The Kier molecular flexibility index (Phi) is 2.69. The Balaban J connectivity index is 2.25. The zero-order valence-corrected chi connectivity index (χ0v) is 8.30. The summed E-state index contributed by atoms with van der Waals surface area (Å²) in [6.45, 7) is 0.604. The smallest absolute Gasteiger partial charge is 0.115 e. The van der Waals surface area contributed by atoms with Gasteiger partial charge in [-0.3, -0.25) is 0 Å². The molecular formula is C11H13N3O. The maximum absolute atomic E-state index is 9.15. The summed E-state index contributed by atoms with van der Waals surface area (Å²) >= 11 is 0. The van der Waals surface area contributed by atoms with Crippen LogP contribution >= 0.6 is 0 Å². The van der Waals surface area contributed by atoms with Gasteiger partial charge in [-0.25, -0.2) is 4.68 Å². The van der Waals surface area contributed by atoms with Crippen LogP contribution in [0.25, 0.3) is 5.69 Å². The highest BCUT2D eigenvalue weighted by Crippen LogP contribution is 2.13. The van der Waals surface area contributed by atoms with Gasteiger partial charge in [0.1, 0.15) is 5.75 Å². The second-order valence-corrected chi connectivity index (χ2v) is 3.31. The maximum atomic E-state index is 9.15. The van der Waals surface area contributed by atoms with Crippen molar-refractivity contribution in [3.8, 4) is 11.4 Å². The van der Waals surface area contributed by atoms with E-state index in [9.17, 15) is 0 Å². The van der Waals surface area contributed by atoms with Gasteiger partial charge >= 0.3 is 0 Å². The lowest BCUT2D eigenvalue weighted by Gasteiger charge is -2.00. The van der Waals surface area contributed by atoms with E-state index in [1.807, 2.05) is 24.4 Å². The lowest BCUT2D eigenvalue weighted by Crippen LogP contribution is -2.04. The van der Waals surface area contributed by atoms with Crippen LogP contribution in [0.2, 0.25) is 0 Å². The molecule has 0 saturated heterocycles. The summed E-state index contributed by atoms with van der Waals surface area (Å²) in [5.74, 6) is 0.257. The third-order valence-corrected chi connectivity index (χ3v) is 2.16. The van der Waals surface area contributed by atoms with Crippen LogP contribution in [0, 0.1) is 0 Å². The van der Waals surface area contributed by atoms with Gasteiger partial charge in [-0.1, -0.05) is 0 Å². The first kappa shape index (κ1) is 9.73. The van der Waals surface area contributed by atoms with Crippen LogP contribution in [0.3, 0.4) is 0 Å². The van der Waals surface area contributed by atoms with Crippen LogP contribution in [0.5, 0.6) is 5.75 Å². The zero-order chi connectivity index (χ0) is 10.7. The quantitative estimate of drug-likeness (QED) is 0.784. The summed E-state index contributed by atoms with van der Waals surface area (Å²) in [6, 6.07) is 8.85. The normalized spacial score (nSPS) is 10.5. The zero-order valence-electron chi connectivity index (χ0n) is 8.30. The molecule has 0 bridgehead atoms. The van der Waals surface area contributed by atoms with Crippen molar-refractivity contribution in [2.24, 2.45) is 5.73 Å². The molecule has 1 aromatic carbocycles. The van der Waals surface area contributed by atoms with Gasteiger partial charge in [-0.05, 0) is 36.9 Å². The number of rotatable bonds is 3. The molecule has 1 heterocycles. The first-order valence-electron chi connectivity index (χ1n) is 4.83. The average Bonchev–Trinajstić information content (AvgIpc) is 2.68. The highest BCUT2D eigenvalue weighted by molar-refractivity contribution is 5.36. The SMILES string of the molecule is NCCc1ccn(-c2ccc(O)cc2)n1. The summed E-state index contributed by atoms with van der Waals surface area (Å²) in [5.41, 5.74) is 7.35.